The van der Waals surface area contributed by atoms with Crippen molar-refractivity contribution in [3.63, 3.8) is 0 Å². The first-order valence-electron chi connectivity index (χ1n) is 8.28. The summed E-state index contributed by atoms with van der Waals surface area (Å²) in [6, 6.07) is 10.5. The number of fused-ring (bicyclic) bond motifs is 1. The second-order valence-electron chi connectivity index (χ2n) is 5.92. The number of hydrogen-bond acceptors (Lipinski definition) is 7. The highest BCUT2D eigenvalue weighted by atomic mass is 16.5. The fraction of sp³-hybridized carbons (Fsp3) is 0.211. The molecule has 142 valence electrons. The molecule has 0 unspecified atom stereocenters. The van der Waals surface area contributed by atoms with Crippen LogP contribution in [0.3, 0.4) is 0 Å². The average molecular weight is 380 g/mol. The van der Waals surface area contributed by atoms with E-state index in [1.165, 1.54) is 29.8 Å². The normalized spacial score (nSPS) is 10.5. The fourth-order valence-electron chi connectivity index (χ4n) is 2.71. The highest BCUT2D eigenvalue weighted by molar-refractivity contribution is 6.04. The number of aryl methyl sites for hydroxylation is 2. The van der Waals surface area contributed by atoms with Gasteiger partial charge >= 0.3 is 5.97 Å². The molecule has 0 saturated carbocycles. The van der Waals surface area contributed by atoms with Crippen LogP contribution in [-0.4, -0.2) is 34.6 Å². The van der Waals surface area contributed by atoms with Gasteiger partial charge in [0.2, 0.25) is 5.71 Å². The quantitative estimate of drug-likeness (QED) is 0.487. The minimum Gasteiger partial charge on any atom is -0.452 e. The van der Waals surface area contributed by atoms with E-state index in [0.717, 1.165) is 0 Å². The Morgan fingerprint density at radius 2 is 2.04 bits per heavy atom. The van der Waals surface area contributed by atoms with Gasteiger partial charge < -0.3 is 13.7 Å². The molecule has 9 heteroatoms. The summed E-state index contributed by atoms with van der Waals surface area (Å²) in [5, 5.41) is 8.97. The molecular weight excluding hydrogens is 364 g/mol. The van der Waals surface area contributed by atoms with Gasteiger partial charge in [0.25, 0.3) is 11.5 Å². The Labute approximate surface area is 159 Å². The summed E-state index contributed by atoms with van der Waals surface area (Å²) in [4.78, 5) is 42.5. The van der Waals surface area contributed by atoms with Crippen LogP contribution >= 0.6 is 0 Å². The molecule has 0 radical (unpaired) electrons. The maximum Gasteiger partial charge on any atom is 0.343 e. The van der Waals surface area contributed by atoms with E-state index in [0.29, 0.717) is 5.69 Å². The molecule has 28 heavy (non-hydrogen) atoms. The van der Waals surface area contributed by atoms with Crippen LogP contribution in [-0.2, 0) is 16.6 Å². The van der Waals surface area contributed by atoms with Crippen LogP contribution in [0.2, 0.25) is 0 Å². The van der Waals surface area contributed by atoms with Crippen LogP contribution in [0.15, 0.2) is 45.9 Å². The summed E-state index contributed by atoms with van der Waals surface area (Å²) >= 11 is 0. The number of aromatic nitrogens is 2. The Morgan fingerprint density at radius 3 is 2.71 bits per heavy atom. The third-order valence-electron chi connectivity index (χ3n) is 4.08. The molecule has 0 N–H and O–H groups in total. The minimum absolute atomic E-state index is 0.00288. The van der Waals surface area contributed by atoms with Crippen molar-refractivity contribution in [1.82, 2.24) is 9.55 Å². The Kier molecular flexibility index (Phi) is 5.22. The summed E-state index contributed by atoms with van der Waals surface area (Å²) in [7, 11) is 1.50. The van der Waals surface area contributed by atoms with Crippen LogP contribution in [0, 0.1) is 18.3 Å². The first-order valence-corrected chi connectivity index (χ1v) is 8.28. The third-order valence-corrected chi connectivity index (χ3v) is 4.08. The molecule has 3 aromatic rings. The number of esters is 1. The van der Waals surface area contributed by atoms with Crippen LogP contribution < -0.4 is 10.5 Å². The van der Waals surface area contributed by atoms with E-state index in [1.54, 1.807) is 30.3 Å². The molecule has 0 saturated heterocycles. The zero-order valence-electron chi connectivity index (χ0n) is 15.2. The number of para-hydroxylation sites is 1. The van der Waals surface area contributed by atoms with Gasteiger partial charge in [-0.1, -0.05) is 18.2 Å². The van der Waals surface area contributed by atoms with E-state index >= 15 is 0 Å². The molecule has 9 nitrogen and oxygen atoms in total. The molecular formula is C19H16N4O5. The van der Waals surface area contributed by atoms with Gasteiger partial charge in [-0.2, -0.15) is 5.26 Å². The molecule has 0 spiro atoms. The monoisotopic (exact) mass is 380 g/mol. The maximum absolute atomic E-state index is 12.5. The van der Waals surface area contributed by atoms with Crippen molar-refractivity contribution in [2.24, 2.45) is 7.05 Å². The van der Waals surface area contributed by atoms with Crippen molar-refractivity contribution < 1.29 is 18.7 Å². The topological polar surface area (TPSA) is 118 Å². The smallest absolute Gasteiger partial charge is 0.343 e. The number of anilines is 1. The molecule has 3 rings (SSSR count). The number of nitrogens with zero attached hydrogens (tertiary/aromatic N) is 4. The second-order valence-corrected chi connectivity index (χ2v) is 5.92. The van der Waals surface area contributed by atoms with Crippen molar-refractivity contribution in [3.05, 3.63) is 58.3 Å². The summed E-state index contributed by atoms with van der Waals surface area (Å²) < 4.78 is 11.7. The van der Waals surface area contributed by atoms with Gasteiger partial charge in [0, 0.05) is 12.7 Å². The predicted octanol–water partition coefficient (Wildman–Crippen LogP) is 1.55. The van der Waals surface area contributed by atoms with E-state index in [9.17, 15) is 14.4 Å². The summed E-state index contributed by atoms with van der Waals surface area (Å²) in [6.07, 6.45) is 1.28. The lowest BCUT2D eigenvalue weighted by Gasteiger charge is -2.19. The van der Waals surface area contributed by atoms with Gasteiger partial charge in [0.1, 0.15) is 29.6 Å². The number of amides is 1. The highest BCUT2D eigenvalue weighted by Gasteiger charge is 2.25. The minimum atomic E-state index is -0.875. The zero-order valence-corrected chi connectivity index (χ0v) is 15.2. The zero-order chi connectivity index (χ0) is 20.3. The first kappa shape index (κ1) is 18.8. The number of benzene rings is 1. The molecule has 0 aliphatic rings. The van der Waals surface area contributed by atoms with Gasteiger partial charge in [-0.05, 0) is 19.1 Å². The van der Waals surface area contributed by atoms with Crippen LogP contribution in [0.4, 0.5) is 5.69 Å². The molecule has 0 bridgehead atoms. The van der Waals surface area contributed by atoms with E-state index in [4.69, 9.17) is 14.4 Å². The van der Waals surface area contributed by atoms with Gasteiger partial charge in [-0.3, -0.25) is 14.5 Å². The van der Waals surface area contributed by atoms with Crippen molar-refractivity contribution >= 4 is 28.7 Å². The van der Waals surface area contributed by atoms with Crippen molar-refractivity contribution in [1.29, 1.82) is 5.26 Å². The van der Waals surface area contributed by atoms with Crippen molar-refractivity contribution in [2.45, 2.75) is 6.92 Å². The van der Waals surface area contributed by atoms with Gasteiger partial charge in [-0.25, -0.2) is 9.78 Å². The lowest BCUT2D eigenvalue weighted by molar-refractivity contribution is -0.121. The number of carbonyl (C=O) groups excluding carboxylic acids is 2. The van der Waals surface area contributed by atoms with E-state index in [1.807, 2.05) is 6.07 Å². The number of carbonyl (C=O) groups is 2. The second kappa shape index (κ2) is 7.75. The molecule has 0 atom stereocenters. The molecule has 1 amide bonds. The van der Waals surface area contributed by atoms with Crippen LogP contribution in [0.1, 0.15) is 16.1 Å². The Morgan fingerprint density at radius 1 is 1.32 bits per heavy atom. The molecule has 0 fully saturated rings. The standard InChI is InChI=1S/C19H16N4O5/c1-12-15(16-17(28-12)21-11-22(2)18(16)25)19(26)27-10-14(24)23(9-8-20)13-6-4-3-5-7-13/h3-7,11H,9-10H2,1-2H3. The lowest BCUT2D eigenvalue weighted by Crippen LogP contribution is -2.35. The fourth-order valence-corrected chi connectivity index (χ4v) is 2.71. The van der Waals surface area contributed by atoms with Crippen LogP contribution in [0.25, 0.3) is 11.1 Å². The lowest BCUT2D eigenvalue weighted by atomic mass is 10.2. The van der Waals surface area contributed by atoms with E-state index in [2.05, 4.69) is 4.98 Å². The number of rotatable bonds is 5. The Bertz CT molecular complexity index is 1140. The van der Waals surface area contributed by atoms with Gasteiger partial charge in [-0.15, -0.1) is 0 Å². The number of hydrogen-bond donors (Lipinski definition) is 0. The molecule has 1 aromatic carbocycles. The first-order chi connectivity index (χ1) is 13.4. The molecule has 0 aliphatic heterocycles. The van der Waals surface area contributed by atoms with Crippen molar-refractivity contribution in [3.8, 4) is 6.07 Å². The predicted molar refractivity (Wildman–Crippen MR) is 98.7 cm³/mol. The molecule has 2 aromatic heterocycles. The van der Waals surface area contributed by atoms with Crippen molar-refractivity contribution in [2.75, 3.05) is 18.1 Å². The Hall–Kier alpha value is -3.93. The summed E-state index contributed by atoms with van der Waals surface area (Å²) in [5.41, 5.74) is 0.000872. The van der Waals surface area contributed by atoms with E-state index in [-0.39, 0.29) is 29.0 Å². The number of nitriles is 1. The highest BCUT2D eigenvalue weighted by Crippen LogP contribution is 2.22. The van der Waals surface area contributed by atoms with E-state index < -0.39 is 24.0 Å². The largest absolute Gasteiger partial charge is 0.452 e. The maximum atomic E-state index is 12.5. The molecule has 0 aliphatic carbocycles. The summed E-state index contributed by atoms with van der Waals surface area (Å²) in [6.45, 7) is 0.714. The summed E-state index contributed by atoms with van der Waals surface area (Å²) in [5.74, 6) is -1.28. The number of furan rings is 1. The SMILES string of the molecule is Cc1oc2ncn(C)c(=O)c2c1C(=O)OCC(=O)N(CC#N)c1ccccc1. The average Bonchev–Trinajstić information content (AvgIpc) is 3.04. The van der Waals surface area contributed by atoms with Crippen LogP contribution in [0.5, 0.6) is 0 Å². The number of ether oxygens (including phenoxy) is 1. The van der Waals surface area contributed by atoms with Gasteiger partial charge in [0.05, 0.1) is 6.07 Å². The third kappa shape index (κ3) is 3.48. The Balaban J connectivity index is 1.82. The molecule has 2 heterocycles. The van der Waals surface area contributed by atoms with Gasteiger partial charge in [0.15, 0.2) is 6.61 Å².